The van der Waals surface area contributed by atoms with Crippen molar-refractivity contribution in [2.24, 2.45) is 5.92 Å². The van der Waals surface area contributed by atoms with Gasteiger partial charge in [-0.05, 0) is 38.6 Å². The lowest BCUT2D eigenvalue weighted by Gasteiger charge is -2.35. The van der Waals surface area contributed by atoms with Crippen LogP contribution in [0.2, 0.25) is 0 Å². The summed E-state index contributed by atoms with van der Waals surface area (Å²) in [7, 11) is 1.97. The lowest BCUT2D eigenvalue weighted by molar-refractivity contribution is -0.121. The third-order valence-electron chi connectivity index (χ3n) is 4.39. The number of hydrogen-bond acceptors (Lipinski definition) is 4. The first-order valence-electron chi connectivity index (χ1n) is 7.98. The van der Waals surface area contributed by atoms with Crippen molar-refractivity contribution in [3.8, 4) is 0 Å². The number of carbonyl (C=O) groups is 2. The molecule has 0 aromatic rings. The van der Waals surface area contributed by atoms with Gasteiger partial charge in [0.15, 0.2) is 0 Å². The van der Waals surface area contributed by atoms with Crippen molar-refractivity contribution in [3.05, 3.63) is 0 Å². The van der Waals surface area contributed by atoms with Crippen LogP contribution in [0.25, 0.3) is 0 Å². The van der Waals surface area contributed by atoms with E-state index in [4.69, 9.17) is 0 Å². The summed E-state index contributed by atoms with van der Waals surface area (Å²) < 4.78 is 0. The Morgan fingerprint density at radius 1 is 1.24 bits per heavy atom. The Morgan fingerprint density at radius 3 is 2.43 bits per heavy atom. The summed E-state index contributed by atoms with van der Waals surface area (Å²) in [6, 6.07) is 1.25. The molecule has 2 heterocycles. The molecule has 2 aliphatic heterocycles. The first kappa shape index (κ1) is 16.2. The molecule has 2 aliphatic rings. The van der Waals surface area contributed by atoms with E-state index in [2.05, 4.69) is 20.9 Å². The van der Waals surface area contributed by atoms with Crippen LogP contribution in [0, 0.1) is 5.92 Å². The Bertz CT molecular complexity index is 374. The van der Waals surface area contributed by atoms with Gasteiger partial charge in [0.2, 0.25) is 5.91 Å². The van der Waals surface area contributed by atoms with E-state index in [1.807, 2.05) is 20.9 Å². The van der Waals surface area contributed by atoms with E-state index in [-0.39, 0.29) is 12.5 Å². The zero-order valence-corrected chi connectivity index (χ0v) is 13.3. The number of carbonyl (C=O) groups excluding carboxylic acids is 2. The Hall–Kier alpha value is -1.14. The summed E-state index contributed by atoms with van der Waals surface area (Å²) in [4.78, 5) is 25.5. The highest BCUT2D eigenvalue weighted by molar-refractivity contribution is 5.95. The van der Waals surface area contributed by atoms with E-state index in [1.54, 1.807) is 0 Å². The highest BCUT2D eigenvalue weighted by Crippen LogP contribution is 2.28. The van der Waals surface area contributed by atoms with Gasteiger partial charge in [0, 0.05) is 24.7 Å². The van der Waals surface area contributed by atoms with Crippen LogP contribution in [0.4, 0.5) is 4.79 Å². The maximum Gasteiger partial charge on any atom is 0.321 e. The summed E-state index contributed by atoms with van der Waals surface area (Å²) in [6.45, 7) is 4.88. The van der Waals surface area contributed by atoms with Gasteiger partial charge < -0.3 is 10.6 Å². The smallest absolute Gasteiger partial charge is 0.321 e. The molecular weight excluding hydrogens is 268 g/mol. The van der Waals surface area contributed by atoms with Gasteiger partial charge >= 0.3 is 6.03 Å². The second-order valence-corrected chi connectivity index (χ2v) is 6.83. The first-order valence-corrected chi connectivity index (χ1v) is 7.98. The fourth-order valence-electron chi connectivity index (χ4n) is 3.25. The molecule has 3 amide bonds. The fourth-order valence-corrected chi connectivity index (χ4v) is 3.25. The van der Waals surface area contributed by atoms with E-state index >= 15 is 0 Å². The summed E-state index contributed by atoms with van der Waals surface area (Å²) >= 11 is 0. The molecule has 2 fully saturated rings. The van der Waals surface area contributed by atoms with Gasteiger partial charge in [-0.3, -0.25) is 15.0 Å². The summed E-state index contributed by atoms with van der Waals surface area (Å²) in [5, 5.41) is 8.68. The summed E-state index contributed by atoms with van der Waals surface area (Å²) in [5.74, 6) is 0.142. The van der Waals surface area contributed by atoms with Gasteiger partial charge in [-0.15, -0.1) is 0 Å². The van der Waals surface area contributed by atoms with Crippen LogP contribution >= 0.6 is 0 Å². The topological polar surface area (TPSA) is 73.5 Å². The molecule has 2 bridgehead atoms. The van der Waals surface area contributed by atoms with Crippen molar-refractivity contribution in [1.29, 1.82) is 0 Å². The minimum Gasteiger partial charge on any atom is -0.338 e. The van der Waals surface area contributed by atoms with Crippen LogP contribution in [-0.2, 0) is 4.79 Å². The molecule has 0 aromatic carbocycles. The average molecular weight is 296 g/mol. The predicted molar refractivity (Wildman–Crippen MR) is 82.0 cm³/mol. The van der Waals surface area contributed by atoms with Crippen molar-refractivity contribution in [3.63, 3.8) is 0 Å². The van der Waals surface area contributed by atoms with Crippen LogP contribution in [0.15, 0.2) is 0 Å². The molecule has 0 radical (unpaired) electrons. The number of nitrogens with one attached hydrogen (secondary N) is 3. The van der Waals surface area contributed by atoms with E-state index in [9.17, 15) is 9.59 Å². The second-order valence-electron chi connectivity index (χ2n) is 6.83. The number of fused-ring (bicyclic) bond motifs is 2. The van der Waals surface area contributed by atoms with Crippen molar-refractivity contribution in [2.45, 2.75) is 57.7 Å². The molecular formula is C15H28N4O2. The normalized spacial score (nSPS) is 28.0. The van der Waals surface area contributed by atoms with Crippen molar-refractivity contribution >= 4 is 11.9 Å². The zero-order chi connectivity index (χ0) is 15.4. The number of piperidine rings is 1. The Labute approximate surface area is 127 Å². The van der Waals surface area contributed by atoms with Crippen LogP contribution in [0.5, 0.6) is 0 Å². The third-order valence-corrected chi connectivity index (χ3v) is 4.39. The zero-order valence-electron chi connectivity index (χ0n) is 13.3. The number of imide groups is 1. The van der Waals surface area contributed by atoms with Crippen molar-refractivity contribution in [2.75, 3.05) is 20.1 Å². The molecule has 0 aliphatic carbocycles. The van der Waals surface area contributed by atoms with Crippen LogP contribution < -0.4 is 16.0 Å². The molecule has 21 heavy (non-hydrogen) atoms. The molecule has 0 aromatic heterocycles. The minimum atomic E-state index is -0.396. The van der Waals surface area contributed by atoms with Gasteiger partial charge in [0.1, 0.15) is 0 Å². The van der Waals surface area contributed by atoms with Crippen molar-refractivity contribution in [1.82, 2.24) is 20.9 Å². The maximum absolute atomic E-state index is 11.9. The predicted octanol–water partition coefficient (Wildman–Crippen LogP) is 0.683. The fraction of sp³-hybridized carbons (Fsp3) is 0.867. The summed E-state index contributed by atoms with van der Waals surface area (Å²) in [5.41, 5.74) is 0. The SMILES string of the molecule is CC(C)CNC(=O)NC(=O)CN(C)C1CC2CCC(C1)N2. The van der Waals surface area contributed by atoms with Crippen LogP contribution in [0.3, 0.4) is 0 Å². The molecule has 2 rings (SSSR count). The molecule has 6 heteroatoms. The van der Waals surface area contributed by atoms with E-state index in [0.717, 1.165) is 12.8 Å². The number of rotatable bonds is 5. The highest BCUT2D eigenvalue weighted by atomic mass is 16.2. The van der Waals surface area contributed by atoms with Gasteiger partial charge in [-0.25, -0.2) is 4.79 Å². The van der Waals surface area contributed by atoms with Crippen LogP contribution in [0.1, 0.15) is 39.5 Å². The third kappa shape index (κ3) is 4.97. The first-order chi connectivity index (χ1) is 9.94. The van der Waals surface area contributed by atoms with E-state index in [1.165, 1.54) is 12.8 Å². The minimum absolute atomic E-state index is 0.232. The average Bonchev–Trinajstić information content (AvgIpc) is 2.74. The Kier molecular flexibility index (Phi) is 5.58. The van der Waals surface area contributed by atoms with Gasteiger partial charge in [0.25, 0.3) is 0 Å². The van der Waals surface area contributed by atoms with E-state index in [0.29, 0.717) is 30.6 Å². The van der Waals surface area contributed by atoms with E-state index < -0.39 is 6.03 Å². The molecule has 2 saturated heterocycles. The molecule has 2 atom stereocenters. The molecule has 120 valence electrons. The monoisotopic (exact) mass is 296 g/mol. The molecule has 6 nitrogen and oxygen atoms in total. The number of hydrogen-bond donors (Lipinski definition) is 3. The van der Waals surface area contributed by atoms with Crippen molar-refractivity contribution < 1.29 is 9.59 Å². The molecule has 0 spiro atoms. The number of amides is 3. The van der Waals surface area contributed by atoms with Gasteiger partial charge in [0.05, 0.1) is 6.54 Å². The van der Waals surface area contributed by atoms with Gasteiger partial charge in [-0.2, -0.15) is 0 Å². The lowest BCUT2D eigenvalue weighted by atomic mass is 9.98. The Balaban J connectivity index is 1.70. The number of urea groups is 1. The number of likely N-dealkylation sites (N-methyl/N-ethyl adjacent to an activating group) is 1. The maximum atomic E-state index is 11.9. The Morgan fingerprint density at radius 2 is 1.86 bits per heavy atom. The molecule has 0 saturated carbocycles. The number of nitrogens with zero attached hydrogens (tertiary/aromatic N) is 1. The quantitative estimate of drug-likeness (QED) is 0.698. The lowest BCUT2D eigenvalue weighted by Crippen LogP contribution is -2.50. The summed E-state index contributed by atoms with van der Waals surface area (Å²) in [6.07, 6.45) is 4.69. The second kappa shape index (κ2) is 7.22. The molecule has 3 N–H and O–H groups in total. The van der Waals surface area contributed by atoms with Gasteiger partial charge in [-0.1, -0.05) is 13.8 Å². The standard InChI is InChI=1S/C15H28N4O2/c1-10(2)8-16-15(21)18-14(20)9-19(3)13-6-11-4-5-12(7-13)17-11/h10-13,17H,4-9H2,1-3H3,(H2,16,18,20,21). The highest BCUT2D eigenvalue weighted by Gasteiger charge is 2.35. The largest absolute Gasteiger partial charge is 0.338 e. The van der Waals surface area contributed by atoms with Crippen LogP contribution in [-0.4, -0.2) is 55.1 Å². The molecule has 2 unspecified atom stereocenters.